The van der Waals surface area contributed by atoms with E-state index in [0.717, 1.165) is 16.5 Å². The Morgan fingerprint density at radius 1 is 1.42 bits per heavy atom. The predicted octanol–water partition coefficient (Wildman–Crippen LogP) is 3.35. The molecule has 0 N–H and O–H groups in total. The van der Waals surface area contributed by atoms with Crippen LogP contribution in [0.25, 0.3) is 10.9 Å². The van der Waals surface area contributed by atoms with Crippen LogP contribution in [0.4, 0.5) is 4.39 Å². The van der Waals surface area contributed by atoms with Crippen LogP contribution in [0.15, 0.2) is 21.4 Å². The van der Waals surface area contributed by atoms with Gasteiger partial charge in [-0.1, -0.05) is 0 Å². The Balaban J connectivity index is 2.38. The van der Waals surface area contributed by atoms with E-state index >= 15 is 0 Å². The number of benzene rings is 1. The lowest BCUT2D eigenvalue weighted by Crippen LogP contribution is -2.37. The van der Waals surface area contributed by atoms with Crippen molar-refractivity contribution in [1.29, 1.82) is 0 Å². The molecule has 0 atom stereocenters. The fourth-order valence-electron chi connectivity index (χ4n) is 2.58. The molecule has 0 unspecified atom stereocenters. The highest BCUT2D eigenvalue weighted by atomic mass is 79.9. The van der Waals surface area contributed by atoms with E-state index in [9.17, 15) is 9.18 Å². The monoisotopic (exact) mass is 324 g/mol. The van der Waals surface area contributed by atoms with Gasteiger partial charge in [-0.2, -0.15) is 0 Å². The normalized spacial score (nSPS) is 17.5. The van der Waals surface area contributed by atoms with E-state index in [1.165, 1.54) is 4.57 Å². The Kier molecular flexibility index (Phi) is 2.78. The fourth-order valence-corrected chi connectivity index (χ4v) is 3.24. The van der Waals surface area contributed by atoms with Crippen molar-refractivity contribution < 1.29 is 4.39 Å². The maximum atomic E-state index is 14.6. The van der Waals surface area contributed by atoms with Crippen molar-refractivity contribution >= 4 is 26.8 Å². The molecule has 0 saturated heterocycles. The Labute approximate surface area is 118 Å². The minimum absolute atomic E-state index is 0.187. The molecule has 1 aliphatic carbocycles. The van der Waals surface area contributed by atoms with Crippen molar-refractivity contribution in [2.24, 2.45) is 7.05 Å². The van der Waals surface area contributed by atoms with Gasteiger partial charge < -0.3 is 0 Å². The summed E-state index contributed by atoms with van der Waals surface area (Å²) in [6.45, 7) is 1.92. The molecule has 3 nitrogen and oxygen atoms in total. The molecule has 2 aromatic rings. The summed E-state index contributed by atoms with van der Waals surface area (Å²) in [5.41, 5.74) is -0.0996. The van der Waals surface area contributed by atoms with Gasteiger partial charge in [-0.25, -0.2) is 9.37 Å². The Hall–Kier alpha value is -1.23. The van der Waals surface area contributed by atoms with Gasteiger partial charge in [-0.15, -0.1) is 0 Å². The summed E-state index contributed by atoms with van der Waals surface area (Å²) in [6.07, 6.45) is 1.74. The van der Waals surface area contributed by atoms with Crippen molar-refractivity contribution in [3.05, 3.63) is 38.3 Å². The average Bonchev–Trinajstić information content (AvgIpc) is 2.31. The summed E-state index contributed by atoms with van der Waals surface area (Å²) < 4.78 is 16.7. The highest BCUT2D eigenvalue weighted by Gasteiger charge is 2.42. The Morgan fingerprint density at radius 2 is 2.11 bits per heavy atom. The van der Waals surface area contributed by atoms with E-state index in [1.807, 2.05) is 13.0 Å². The molecule has 1 aromatic carbocycles. The van der Waals surface area contributed by atoms with Gasteiger partial charge in [-0.05, 0) is 59.8 Å². The van der Waals surface area contributed by atoms with E-state index in [1.54, 1.807) is 13.1 Å². The van der Waals surface area contributed by atoms with Crippen LogP contribution in [0.5, 0.6) is 0 Å². The highest BCUT2D eigenvalue weighted by Crippen LogP contribution is 2.44. The maximum absolute atomic E-state index is 14.6. The molecule has 1 saturated carbocycles. The fraction of sp³-hybridized carbons (Fsp3) is 0.429. The molecule has 19 heavy (non-hydrogen) atoms. The van der Waals surface area contributed by atoms with Crippen LogP contribution < -0.4 is 5.56 Å². The zero-order valence-electron chi connectivity index (χ0n) is 10.8. The van der Waals surface area contributed by atoms with Crippen LogP contribution >= 0.6 is 15.9 Å². The second kappa shape index (κ2) is 4.13. The minimum atomic E-state index is -1.44. The summed E-state index contributed by atoms with van der Waals surface area (Å²) in [4.78, 5) is 16.8. The number of nitrogens with zero attached hydrogens (tertiary/aromatic N) is 2. The van der Waals surface area contributed by atoms with Crippen LogP contribution in [0.2, 0.25) is 0 Å². The molecule has 0 radical (unpaired) electrons. The second-order valence-corrected chi connectivity index (χ2v) is 6.12. The number of alkyl halides is 1. The van der Waals surface area contributed by atoms with E-state index in [0.29, 0.717) is 23.7 Å². The molecule has 5 heteroatoms. The number of aromatic nitrogens is 2. The number of rotatable bonds is 1. The maximum Gasteiger partial charge on any atom is 0.261 e. The van der Waals surface area contributed by atoms with Crippen LogP contribution in [0, 0.1) is 6.92 Å². The third-order valence-corrected chi connectivity index (χ3v) is 4.43. The van der Waals surface area contributed by atoms with Gasteiger partial charge in [0.1, 0.15) is 5.82 Å². The summed E-state index contributed by atoms with van der Waals surface area (Å²) in [6, 6.07) is 3.69. The number of aryl methyl sites for hydroxylation is 1. The third-order valence-electron chi connectivity index (χ3n) is 3.83. The van der Waals surface area contributed by atoms with Crippen LogP contribution in [0.1, 0.15) is 30.7 Å². The SMILES string of the molecule is Cc1cc(Br)c2nc(C3(F)CCC3)n(C)c(=O)c2c1. The number of halogens is 2. The van der Waals surface area contributed by atoms with Crippen molar-refractivity contribution in [2.45, 2.75) is 31.9 Å². The third kappa shape index (κ3) is 1.83. The smallest absolute Gasteiger partial charge is 0.261 e. The average molecular weight is 325 g/mol. The first kappa shape index (κ1) is 12.8. The van der Waals surface area contributed by atoms with Crippen LogP contribution in [-0.4, -0.2) is 9.55 Å². The highest BCUT2D eigenvalue weighted by molar-refractivity contribution is 9.10. The molecule has 0 bridgehead atoms. The van der Waals surface area contributed by atoms with E-state index in [4.69, 9.17) is 0 Å². The summed E-state index contributed by atoms with van der Waals surface area (Å²) >= 11 is 3.41. The van der Waals surface area contributed by atoms with Crippen LogP contribution in [-0.2, 0) is 12.7 Å². The molecule has 0 spiro atoms. The van der Waals surface area contributed by atoms with Gasteiger partial charge in [0.05, 0.1) is 10.9 Å². The van der Waals surface area contributed by atoms with E-state index in [2.05, 4.69) is 20.9 Å². The van der Waals surface area contributed by atoms with Crippen molar-refractivity contribution in [2.75, 3.05) is 0 Å². The lowest BCUT2D eigenvalue weighted by atomic mass is 9.81. The topological polar surface area (TPSA) is 34.9 Å². The lowest BCUT2D eigenvalue weighted by molar-refractivity contribution is 0.0465. The lowest BCUT2D eigenvalue weighted by Gasteiger charge is -2.34. The zero-order chi connectivity index (χ0) is 13.8. The first-order valence-electron chi connectivity index (χ1n) is 6.29. The molecular formula is C14H14BrFN2O. The van der Waals surface area contributed by atoms with Gasteiger partial charge in [0.15, 0.2) is 5.67 Å². The van der Waals surface area contributed by atoms with Crippen molar-refractivity contribution in [1.82, 2.24) is 9.55 Å². The van der Waals surface area contributed by atoms with Crippen molar-refractivity contribution in [3.63, 3.8) is 0 Å². The summed E-state index contributed by atoms with van der Waals surface area (Å²) in [7, 11) is 1.60. The summed E-state index contributed by atoms with van der Waals surface area (Å²) in [5, 5.41) is 0.529. The van der Waals surface area contributed by atoms with Gasteiger partial charge in [0, 0.05) is 11.5 Å². The molecule has 0 amide bonds. The van der Waals surface area contributed by atoms with Gasteiger partial charge in [-0.3, -0.25) is 9.36 Å². The molecule has 1 aromatic heterocycles. The molecule has 3 rings (SSSR count). The summed E-state index contributed by atoms with van der Waals surface area (Å²) in [5.74, 6) is 0.251. The second-order valence-electron chi connectivity index (χ2n) is 5.26. The first-order chi connectivity index (χ1) is 8.92. The quantitative estimate of drug-likeness (QED) is 0.806. The molecular weight excluding hydrogens is 311 g/mol. The molecule has 1 aliphatic rings. The minimum Gasteiger partial charge on any atom is -0.297 e. The van der Waals surface area contributed by atoms with Gasteiger partial charge in [0.2, 0.25) is 0 Å². The van der Waals surface area contributed by atoms with Gasteiger partial charge in [0.25, 0.3) is 5.56 Å². The predicted molar refractivity (Wildman–Crippen MR) is 76.1 cm³/mol. The largest absolute Gasteiger partial charge is 0.297 e. The molecule has 0 aliphatic heterocycles. The Morgan fingerprint density at radius 3 is 2.68 bits per heavy atom. The first-order valence-corrected chi connectivity index (χ1v) is 7.08. The standard InChI is InChI=1S/C14H14BrFN2O/c1-8-6-9-11(10(15)7-8)17-13(18(2)12(9)19)14(16)4-3-5-14/h6-7H,3-5H2,1-2H3. The van der Waals surface area contributed by atoms with Crippen LogP contribution in [0.3, 0.4) is 0 Å². The van der Waals surface area contributed by atoms with Gasteiger partial charge >= 0.3 is 0 Å². The van der Waals surface area contributed by atoms with E-state index < -0.39 is 5.67 Å². The number of hydrogen-bond donors (Lipinski definition) is 0. The molecule has 1 heterocycles. The zero-order valence-corrected chi connectivity index (χ0v) is 12.4. The number of hydrogen-bond acceptors (Lipinski definition) is 2. The van der Waals surface area contributed by atoms with Crippen molar-refractivity contribution in [3.8, 4) is 0 Å². The number of fused-ring (bicyclic) bond motifs is 1. The molecule has 1 fully saturated rings. The van der Waals surface area contributed by atoms with E-state index in [-0.39, 0.29) is 11.4 Å². The molecule has 100 valence electrons. The Bertz CT molecular complexity index is 734.